The summed E-state index contributed by atoms with van der Waals surface area (Å²) in [5.74, 6) is -0.399. The first-order chi connectivity index (χ1) is 10.5. The second-order valence-electron chi connectivity index (χ2n) is 9.79. The number of rotatable bonds is 5. The summed E-state index contributed by atoms with van der Waals surface area (Å²) in [5.41, 5.74) is 0. The Morgan fingerprint density at radius 3 is 1.88 bits per heavy atom. The third kappa shape index (κ3) is 4.84. The Morgan fingerprint density at radius 1 is 1.00 bits per heavy atom. The van der Waals surface area contributed by atoms with Gasteiger partial charge in [-0.3, -0.25) is 4.79 Å². The lowest BCUT2D eigenvalue weighted by molar-refractivity contribution is -0.142. The number of hydrogen-bond acceptors (Lipinski definition) is 4. The van der Waals surface area contributed by atoms with Crippen LogP contribution in [-0.2, 0) is 18.4 Å². The third-order valence-corrected chi connectivity index (χ3v) is 15.2. The molecular weight excluding hydrogens is 360 g/mol. The molecule has 0 amide bonds. The molecular formula is C17H35ClO4Si2. The fourth-order valence-corrected chi connectivity index (χ4v) is 4.58. The monoisotopic (exact) mass is 394 g/mol. The van der Waals surface area contributed by atoms with E-state index in [9.17, 15) is 4.79 Å². The average molecular weight is 395 g/mol. The molecule has 0 bridgehead atoms. The van der Waals surface area contributed by atoms with Crippen molar-refractivity contribution < 1.29 is 18.4 Å². The first-order valence-corrected chi connectivity index (χ1v) is 14.9. The lowest BCUT2D eigenvalue weighted by Gasteiger charge is -2.40. The van der Waals surface area contributed by atoms with Crippen LogP contribution >= 0.6 is 11.6 Å². The Morgan fingerprint density at radius 2 is 1.46 bits per heavy atom. The van der Waals surface area contributed by atoms with Gasteiger partial charge in [-0.15, -0.1) is 11.6 Å². The van der Waals surface area contributed by atoms with Crippen LogP contribution in [0.5, 0.6) is 0 Å². The van der Waals surface area contributed by atoms with Crippen LogP contribution in [0.2, 0.25) is 36.3 Å². The van der Waals surface area contributed by atoms with Crippen molar-refractivity contribution in [2.45, 2.75) is 95.4 Å². The zero-order valence-electron chi connectivity index (χ0n) is 17.0. The van der Waals surface area contributed by atoms with Crippen LogP contribution in [0, 0.1) is 0 Å². The van der Waals surface area contributed by atoms with E-state index in [1.54, 1.807) is 0 Å². The van der Waals surface area contributed by atoms with Crippen molar-refractivity contribution in [2.75, 3.05) is 6.61 Å². The molecule has 1 heterocycles. The second kappa shape index (κ2) is 7.02. The number of carbonyl (C=O) groups is 1. The lowest BCUT2D eigenvalue weighted by atomic mass is 10.2. The molecule has 1 fully saturated rings. The summed E-state index contributed by atoms with van der Waals surface area (Å²) in [6.45, 7) is 22.1. The number of ether oxygens (including phenoxy) is 1. The summed E-state index contributed by atoms with van der Waals surface area (Å²) in [6, 6.07) is 0. The zero-order chi connectivity index (χ0) is 19.1. The molecule has 1 unspecified atom stereocenters. The summed E-state index contributed by atoms with van der Waals surface area (Å²) < 4.78 is 18.1. The number of carbonyl (C=O) groups excluding carboxylic acids is 1. The summed E-state index contributed by atoms with van der Waals surface area (Å²) in [6.07, 6.45) is -0.868. The van der Waals surface area contributed by atoms with Gasteiger partial charge in [0.2, 0.25) is 0 Å². The van der Waals surface area contributed by atoms with Crippen molar-refractivity contribution in [1.29, 1.82) is 0 Å². The van der Waals surface area contributed by atoms with Crippen LogP contribution in [-0.4, -0.2) is 46.8 Å². The summed E-state index contributed by atoms with van der Waals surface area (Å²) >= 11 is 6.30. The molecule has 7 heteroatoms. The van der Waals surface area contributed by atoms with Gasteiger partial charge in [-0.05, 0) is 36.3 Å². The molecule has 1 saturated heterocycles. The van der Waals surface area contributed by atoms with Crippen molar-refractivity contribution in [1.82, 2.24) is 0 Å². The Balaban J connectivity index is 2.88. The predicted molar refractivity (Wildman–Crippen MR) is 105 cm³/mol. The molecule has 3 atom stereocenters. The van der Waals surface area contributed by atoms with Gasteiger partial charge in [0, 0.05) is 0 Å². The predicted octanol–water partition coefficient (Wildman–Crippen LogP) is 4.93. The Hall–Kier alpha value is 0.114. The smallest absolute Gasteiger partial charge is 0.327 e. The van der Waals surface area contributed by atoms with Crippen molar-refractivity contribution in [2.24, 2.45) is 0 Å². The molecule has 142 valence electrons. The van der Waals surface area contributed by atoms with Gasteiger partial charge in [-0.1, -0.05) is 41.5 Å². The highest BCUT2D eigenvalue weighted by Crippen LogP contribution is 2.41. The van der Waals surface area contributed by atoms with Crippen LogP contribution in [0.3, 0.4) is 0 Å². The largest absolute Gasteiger partial charge is 0.456 e. The molecule has 0 aromatic carbocycles. The van der Waals surface area contributed by atoms with Crippen molar-refractivity contribution >= 4 is 34.2 Å². The minimum atomic E-state index is -2.06. The number of alkyl halides is 1. The highest BCUT2D eigenvalue weighted by Gasteiger charge is 2.50. The van der Waals surface area contributed by atoms with E-state index in [4.69, 9.17) is 25.2 Å². The zero-order valence-corrected chi connectivity index (χ0v) is 19.7. The molecule has 0 saturated carbocycles. The van der Waals surface area contributed by atoms with Gasteiger partial charge < -0.3 is 13.6 Å². The van der Waals surface area contributed by atoms with Crippen molar-refractivity contribution in [3.05, 3.63) is 0 Å². The molecule has 0 spiro atoms. The maximum atomic E-state index is 12.0. The van der Waals surface area contributed by atoms with Crippen LogP contribution in [0.1, 0.15) is 41.5 Å². The van der Waals surface area contributed by atoms with Gasteiger partial charge in [0.05, 0.1) is 6.61 Å². The normalized spacial score (nSPS) is 26.6. The molecule has 0 radical (unpaired) electrons. The molecule has 1 aliphatic rings. The van der Waals surface area contributed by atoms with E-state index in [1.807, 2.05) is 0 Å². The summed E-state index contributed by atoms with van der Waals surface area (Å²) in [7, 11) is -3.98. The summed E-state index contributed by atoms with van der Waals surface area (Å²) in [5, 5.41) is -0.613. The van der Waals surface area contributed by atoms with E-state index < -0.39 is 40.2 Å². The first kappa shape index (κ1) is 22.2. The Kier molecular flexibility index (Phi) is 6.48. The highest BCUT2D eigenvalue weighted by molar-refractivity contribution is 6.74. The van der Waals surface area contributed by atoms with E-state index in [-0.39, 0.29) is 10.1 Å². The van der Waals surface area contributed by atoms with E-state index in [1.165, 1.54) is 0 Å². The number of cyclic esters (lactones) is 1. The molecule has 4 nitrogen and oxygen atoms in total. The molecule has 24 heavy (non-hydrogen) atoms. The maximum absolute atomic E-state index is 12.0. The van der Waals surface area contributed by atoms with E-state index in [2.05, 4.69) is 67.7 Å². The SMILES string of the molecule is CC(C)(C)[Si](C)(C)OC[C@H]1OC(=O)C(Cl)[C@@H]1O[Si](C)(C)C(C)(C)C. The van der Waals surface area contributed by atoms with Gasteiger partial charge >= 0.3 is 5.97 Å². The van der Waals surface area contributed by atoms with Gasteiger partial charge in [-0.2, -0.15) is 0 Å². The van der Waals surface area contributed by atoms with E-state index in [0.29, 0.717) is 6.61 Å². The highest BCUT2D eigenvalue weighted by atomic mass is 35.5. The lowest BCUT2D eigenvalue weighted by Crippen LogP contribution is -2.50. The standard InChI is InChI=1S/C17H35ClO4Si2/c1-16(2,3)23(7,8)20-11-12-14(13(18)15(19)21-12)22-24(9,10)17(4,5)6/h12-14H,11H2,1-10H3/t12-,13?,14-/m1/s1. The topological polar surface area (TPSA) is 44.8 Å². The first-order valence-electron chi connectivity index (χ1n) is 8.66. The van der Waals surface area contributed by atoms with E-state index >= 15 is 0 Å². The summed E-state index contributed by atoms with van der Waals surface area (Å²) in [4.78, 5) is 12.0. The van der Waals surface area contributed by atoms with Crippen LogP contribution < -0.4 is 0 Å². The molecule has 0 aromatic rings. The third-order valence-electron chi connectivity index (χ3n) is 5.80. The van der Waals surface area contributed by atoms with Crippen molar-refractivity contribution in [3.63, 3.8) is 0 Å². The quantitative estimate of drug-likeness (QED) is 0.376. The van der Waals surface area contributed by atoms with Crippen LogP contribution in [0.4, 0.5) is 0 Å². The fraction of sp³-hybridized carbons (Fsp3) is 0.941. The van der Waals surface area contributed by atoms with Crippen LogP contribution in [0.15, 0.2) is 0 Å². The fourth-order valence-electron chi connectivity index (χ4n) is 1.89. The van der Waals surface area contributed by atoms with Gasteiger partial charge in [-0.25, -0.2) is 0 Å². The van der Waals surface area contributed by atoms with Gasteiger partial charge in [0.15, 0.2) is 28.1 Å². The Labute approximate surface area is 154 Å². The molecule has 1 rings (SSSR count). The van der Waals surface area contributed by atoms with Gasteiger partial charge in [0.1, 0.15) is 6.10 Å². The average Bonchev–Trinajstić information content (AvgIpc) is 2.61. The Bertz CT molecular complexity index is 466. The molecule has 0 aliphatic carbocycles. The number of esters is 1. The second-order valence-corrected chi connectivity index (χ2v) is 19.8. The number of halogens is 1. The molecule has 0 N–H and O–H groups in total. The molecule has 0 aromatic heterocycles. The minimum Gasteiger partial charge on any atom is -0.456 e. The minimum absolute atomic E-state index is 0.0418. The van der Waals surface area contributed by atoms with Crippen LogP contribution in [0.25, 0.3) is 0 Å². The maximum Gasteiger partial charge on any atom is 0.327 e. The molecule has 1 aliphatic heterocycles. The van der Waals surface area contributed by atoms with E-state index in [0.717, 1.165) is 0 Å². The number of hydrogen-bond donors (Lipinski definition) is 0. The van der Waals surface area contributed by atoms with Gasteiger partial charge in [0.25, 0.3) is 0 Å². The van der Waals surface area contributed by atoms with Crippen molar-refractivity contribution in [3.8, 4) is 0 Å².